The number of hydrogen-bond acceptors (Lipinski definition) is 6. The molecule has 2 aromatic heterocycles. The quantitative estimate of drug-likeness (QED) is 0.646. The second-order valence-electron chi connectivity index (χ2n) is 8.09. The average Bonchev–Trinajstić information content (AvgIpc) is 3.14. The van der Waals surface area contributed by atoms with Crippen LogP contribution in [0.5, 0.6) is 0 Å². The number of thiazole rings is 1. The number of carbonyl (C=O) groups is 2. The maximum Gasteiger partial charge on any atom is 0.242 e. The van der Waals surface area contributed by atoms with Crippen molar-refractivity contribution in [1.29, 1.82) is 0 Å². The van der Waals surface area contributed by atoms with Crippen molar-refractivity contribution in [3.8, 4) is 0 Å². The van der Waals surface area contributed by atoms with Gasteiger partial charge in [-0.3, -0.25) is 14.6 Å². The lowest BCUT2D eigenvalue weighted by atomic mass is 9.93. The zero-order valence-corrected chi connectivity index (χ0v) is 18.6. The van der Waals surface area contributed by atoms with Crippen LogP contribution in [-0.2, 0) is 27.5 Å². The van der Waals surface area contributed by atoms with Gasteiger partial charge in [-0.15, -0.1) is 11.3 Å². The number of aromatic nitrogens is 2. The molecule has 3 heterocycles. The second-order valence-corrected chi connectivity index (χ2v) is 9.15. The van der Waals surface area contributed by atoms with Crippen molar-refractivity contribution in [2.24, 2.45) is 5.92 Å². The van der Waals surface area contributed by atoms with E-state index in [2.05, 4.69) is 22.1 Å². The number of carbonyl (C=O) groups excluding carboxylic acids is 2. The monoisotopic (exact) mass is 440 g/mol. The van der Waals surface area contributed by atoms with E-state index in [0.717, 1.165) is 35.7 Å². The van der Waals surface area contributed by atoms with Crippen molar-refractivity contribution in [2.75, 3.05) is 19.6 Å². The first-order valence-electron chi connectivity index (χ1n) is 10.7. The van der Waals surface area contributed by atoms with E-state index in [1.54, 1.807) is 27.3 Å². The number of ether oxygens (including phenoxy) is 1. The molecule has 4 rings (SSSR count). The Morgan fingerprint density at radius 3 is 2.87 bits per heavy atom. The van der Waals surface area contributed by atoms with Gasteiger partial charge in [0.1, 0.15) is 0 Å². The Morgan fingerprint density at radius 1 is 1.26 bits per heavy atom. The molecule has 1 aliphatic carbocycles. The van der Waals surface area contributed by atoms with E-state index >= 15 is 0 Å². The van der Waals surface area contributed by atoms with Gasteiger partial charge in [0.15, 0.2) is 0 Å². The van der Waals surface area contributed by atoms with Crippen molar-refractivity contribution >= 4 is 23.2 Å². The minimum Gasteiger partial charge on any atom is -0.368 e. The molecule has 2 aliphatic rings. The molecule has 0 radical (unpaired) electrons. The van der Waals surface area contributed by atoms with Gasteiger partial charge in [-0.05, 0) is 38.3 Å². The average molecular weight is 441 g/mol. The smallest absolute Gasteiger partial charge is 0.242 e. The summed E-state index contributed by atoms with van der Waals surface area (Å²) in [6, 6.07) is 5.70. The van der Waals surface area contributed by atoms with Gasteiger partial charge in [0.05, 0.1) is 42.2 Å². The Kier molecular flexibility index (Phi) is 7.09. The Hall–Kier alpha value is -2.58. The zero-order chi connectivity index (χ0) is 21.6. The summed E-state index contributed by atoms with van der Waals surface area (Å²) >= 11 is 1.57. The molecule has 1 saturated heterocycles. The molecule has 31 heavy (non-hydrogen) atoms. The van der Waals surface area contributed by atoms with Gasteiger partial charge in [-0.2, -0.15) is 0 Å². The van der Waals surface area contributed by atoms with Crippen LogP contribution in [0, 0.1) is 12.8 Å². The first kappa shape index (κ1) is 21.6. The van der Waals surface area contributed by atoms with E-state index in [9.17, 15) is 9.59 Å². The number of pyridine rings is 1. The summed E-state index contributed by atoms with van der Waals surface area (Å²) in [6.45, 7) is 3.65. The molecule has 0 aromatic carbocycles. The number of allylic oxidation sites excluding steroid dienone is 2. The summed E-state index contributed by atoms with van der Waals surface area (Å²) in [5.41, 5.74) is 1.70. The lowest BCUT2D eigenvalue weighted by Crippen LogP contribution is -2.43. The second kappa shape index (κ2) is 10.2. The highest BCUT2D eigenvalue weighted by Crippen LogP contribution is 2.23. The highest BCUT2D eigenvalue weighted by molar-refractivity contribution is 7.09. The Labute approximate surface area is 186 Å². The molecule has 7 nitrogen and oxygen atoms in total. The molecule has 0 N–H and O–H groups in total. The Bertz CT molecular complexity index is 930. The minimum atomic E-state index is -0.281. The van der Waals surface area contributed by atoms with Crippen LogP contribution in [0.2, 0.25) is 0 Å². The van der Waals surface area contributed by atoms with Gasteiger partial charge >= 0.3 is 0 Å². The first-order chi connectivity index (χ1) is 15.1. The van der Waals surface area contributed by atoms with Crippen molar-refractivity contribution in [3.05, 3.63) is 58.3 Å². The van der Waals surface area contributed by atoms with Crippen LogP contribution in [0.1, 0.15) is 35.7 Å². The summed E-state index contributed by atoms with van der Waals surface area (Å²) < 4.78 is 6.16. The molecule has 2 aromatic rings. The normalized spacial score (nSPS) is 21.9. The molecular weight excluding hydrogens is 412 g/mol. The SMILES string of the molecule is Cc1nc(CN2CC(OCc3ccccn3)CN(C(=O)C3CC=CCC3)CC2=O)cs1. The lowest BCUT2D eigenvalue weighted by molar-refractivity contribution is -0.141. The maximum atomic E-state index is 13.2. The highest BCUT2D eigenvalue weighted by Gasteiger charge is 2.34. The summed E-state index contributed by atoms with van der Waals surface area (Å²) in [5.74, 6) is -0.0632. The molecule has 1 fully saturated rings. The Morgan fingerprint density at radius 2 is 2.16 bits per heavy atom. The fourth-order valence-electron chi connectivity index (χ4n) is 4.04. The van der Waals surface area contributed by atoms with Crippen LogP contribution >= 0.6 is 11.3 Å². The van der Waals surface area contributed by atoms with Crippen LogP contribution in [0.3, 0.4) is 0 Å². The number of hydrogen-bond donors (Lipinski definition) is 0. The zero-order valence-electron chi connectivity index (χ0n) is 17.8. The van der Waals surface area contributed by atoms with Gasteiger partial charge in [-0.25, -0.2) is 4.98 Å². The molecular formula is C23H28N4O3S. The third kappa shape index (κ3) is 5.77. The van der Waals surface area contributed by atoms with Crippen molar-refractivity contribution in [3.63, 3.8) is 0 Å². The van der Waals surface area contributed by atoms with Gasteiger partial charge in [0.2, 0.25) is 11.8 Å². The topological polar surface area (TPSA) is 75.6 Å². The van der Waals surface area contributed by atoms with E-state index in [1.807, 2.05) is 30.5 Å². The van der Waals surface area contributed by atoms with Crippen LogP contribution in [0.25, 0.3) is 0 Å². The molecule has 1 aliphatic heterocycles. The van der Waals surface area contributed by atoms with Crippen molar-refractivity contribution in [2.45, 2.75) is 45.4 Å². The molecule has 2 atom stereocenters. The molecule has 0 bridgehead atoms. The standard InChI is InChI=1S/C23H28N4O3S/c1-17-25-20(16-31-17)11-26-12-21(30-15-19-9-5-6-10-24-19)13-27(14-22(26)28)23(29)18-7-3-2-4-8-18/h2-3,5-6,9-10,16,18,21H,4,7-8,11-15H2,1H3. The summed E-state index contributed by atoms with van der Waals surface area (Å²) in [4.78, 5) is 38.5. The van der Waals surface area contributed by atoms with Crippen molar-refractivity contribution < 1.29 is 14.3 Å². The molecule has 0 saturated carbocycles. The van der Waals surface area contributed by atoms with Crippen LogP contribution in [0.15, 0.2) is 41.9 Å². The van der Waals surface area contributed by atoms with Crippen LogP contribution in [0.4, 0.5) is 0 Å². The molecule has 164 valence electrons. The van der Waals surface area contributed by atoms with E-state index in [1.165, 1.54) is 0 Å². The van der Waals surface area contributed by atoms with Gasteiger partial charge in [-0.1, -0.05) is 18.2 Å². The summed E-state index contributed by atoms with van der Waals surface area (Å²) in [7, 11) is 0. The number of nitrogens with zero attached hydrogens (tertiary/aromatic N) is 4. The largest absolute Gasteiger partial charge is 0.368 e. The van der Waals surface area contributed by atoms with Crippen LogP contribution in [-0.4, -0.2) is 57.3 Å². The van der Waals surface area contributed by atoms with Gasteiger partial charge in [0, 0.05) is 30.6 Å². The van der Waals surface area contributed by atoms with E-state index in [0.29, 0.717) is 26.2 Å². The van der Waals surface area contributed by atoms with Crippen LogP contribution < -0.4 is 0 Å². The highest BCUT2D eigenvalue weighted by atomic mass is 32.1. The maximum absolute atomic E-state index is 13.2. The molecule has 0 spiro atoms. The number of aryl methyl sites for hydroxylation is 1. The predicted molar refractivity (Wildman–Crippen MR) is 118 cm³/mol. The van der Waals surface area contributed by atoms with Gasteiger partial charge in [0.25, 0.3) is 0 Å². The fourth-order valence-corrected chi connectivity index (χ4v) is 4.65. The number of rotatable bonds is 6. The van der Waals surface area contributed by atoms with Crippen molar-refractivity contribution in [1.82, 2.24) is 19.8 Å². The van der Waals surface area contributed by atoms with E-state index in [-0.39, 0.29) is 30.4 Å². The summed E-state index contributed by atoms with van der Waals surface area (Å²) in [6.07, 6.45) is 8.12. The number of amides is 2. The molecule has 2 amide bonds. The predicted octanol–water partition coefficient (Wildman–Crippen LogP) is 2.96. The third-order valence-corrected chi connectivity index (χ3v) is 6.49. The lowest BCUT2D eigenvalue weighted by Gasteiger charge is -2.28. The van der Waals surface area contributed by atoms with E-state index < -0.39 is 0 Å². The minimum absolute atomic E-state index is 0.0514. The van der Waals surface area contributed by atoms with Gasteiger partial charge < -0.3 is 14.5 Å². The first-order valence-corrected chi connectivity index (χ1v) is 11.6. The third-order valence-electron chi connectivity index (χ3n) is 5.67. The summed E-state index contributed by atoms with van der Waals surface area (Å²) in [5, 5.41) is 2.96. The Balaban J connectivity index is 1.49. The molecule has 8 heteroatoms. The van der Waals surface area contributed by atoms with E-state index in [4.69, 9.17) is 4.74 Å². The fraction of sp³-hybridized carbons (Fsp3) is 0.478. The molecule has 2 unspecified atom stereocenters.